The average Bonchev–Trinajstić information content (AvgIpc) is 2.97. The fourth-order valence-corrected chi connectivity index (χ4v) is 4.37. The Bertz CT molecular complexity index is 896. The summed E-state index contributed by atoms with van der Waals surface area (Å²) in [5.41, 5.74) is 2.95. The van der Waals surface area contributed by atoms with E-state index in [1.165, 1.54) is 5.69 Å². The van der Waals surface area contributed by atoms with Gasteiger partial charge in [0.25, 0.3) is 0 Å². The van der Waals surface area contributed by atoms with Crippen molar-refractivity contribution >= 4 is 40.8 Å². The number of nitrogens with zero attached hydrogens (tertiary/aromatic N) is 3. The van der Waals surface area contributed by atoms with E-state index in [-0.39, 0.29) is 30.1 Å². The summed E-state index contributed by atoms with van der Waals surface area (Å²) >= 11 is 0. The molecule has 2 fully saturated rings. The first-order chi connectivity index (χ1) is 12.9. The van der Waals surface area contributed by atoms with Crippen molar-refractivity contribution in [3.05, 3.63) is 23.9 Å². The van der Waals surface area contributed by atoms with E-state index in [0.29, 0.717) is 24.9 Å². The van der Waals surface area contributed by atoms with Crippen molar-refractivity contribution in [2.45, 2.75) is 50.6 Å². The summed E-state index contributed by atoms with van der Waals surface area (Å²) in [5, 5.41) is 11.6. The lowest BCUT2D eigenvalue weighted by Gasteiger charge is -2.36. The standard InChI is InChI=1S/C20H27N5O2.ClH/c1-12-10-14(8-9-21-12)24(2)13-4-5-15-17(11-13)25(3)23-19(15)16-6-7-18(26)22-20(16)27;/h4-5,11-12,14,16,21H,6-10H2,1-3H3,(H,22,26,27);1H/t12-,14+,16?;/m0./s1. The molecule has 7 nitrogen and oxygen atoms in total. The largest absolute Gasteiger partial charge is 0.371 e. The highest BCUT2D eigenvalue weighted by Gasteiger charge is 2.32. The van der Waals surface area contributed by atoms with E-state index < -0.39 is 0 Å². The summed E-state index contributed by atoms with van der Waals surface area (Å²) in [6.45, 7) is 3.28. The normalized spacial score (nSPS) is 25.3. The van der Waals surface area contributed by atoms with Crippen LogP contribution in [0.15, 0.2) is 18.2 Å². The molecule has 1 unspecified atom stereocenters. The van der Waals surface area contributed by atoms with Gasteiger partial charge in [0.15, 0.2) is 0 Å². The Morgan fingerprint density at radius 3 is 2.75 bits per heavy atom. The minimum atomic E-state index is -0.361. The van der Waals surface area contributed by atoms with Gasteiger partial charge in [0.1, 0.15) is 0 Å². The van der Waals surface area contributed by atoms with Crippen LogP contribution >= 0.6 is 12.4 Å². The molecule has 2 aliphatic rings. The van der Waals surface area contributed by atoms with Crippen molar-refractivity contribution in [3.63, 3.8) is 0 Å². The van der Waals surface area contributed by atoms with Crippen molar-refractivity contribution < 1.29 is 9.59 Å². The SMILES string of the molecule is C[C@H]1C[C@H](N(C)c2ccc3c(C4CCC(=O)NC4=O)nn(C)c3c2)CCN1.Cl. The molecule has 0 spiro atoms. The van der Waals surface area contributed by atoms with Crippen LogP contribution in [0.25, 0.3) is 10.9 Å². The quantitative estimate of drug-likeness (QED) is 0.764. The van der Waals surface area contributed by atoms with Gasteiger partial charge < -0.3 is 10.2 Å². The number of anilines is 1. The molecule has 3 atom stereocenters. The van der Waals surface area contributed by atoms with E-state index in [1.54, 1.807) is 0 Å². The Labute approximate surface area is 171 Å². The van der Waals surface area contributed by atoms with Gasteiger partial charge >= 0.3 is 0 Å². The highest BCUT2D eigenvalue weighted by Crippen LogP contribution is 2.33. The lowest BCUT2D eigenvalue weighted by Crippen LogP contribution is -2.45. The predicted molar refractivity (Wildman–Crippen MR) is 112 cm³/mol. The van der Waals surface area contributed by atoms with Gasteiger partial charge in [0, 0.05) is 43.7 Å². The summed E-state index contributed by atoms with van der Waals surface area (Å²) in [5.74, 6) is -0.798. The van der Waals surface area contributed by atoms with E-state index in [2.05, 4.69) is 52.8 Å². The second-order valence-electron chi connectivity index (χ2n) is 7.86. The number of carbonyl (C=O) groups is 2. The molecule has 2 N–H and O–H groups in total. The topological polar surface area (TPSA) is 79.3 Å². The van der Waals surface area contributed by atoms with Gasteiger partial charge in [0.2, 0.25) is 11.8 Å². The van der Waals surface area contributed by atoms with Gasteiger partial charge in [-0.1, -0.05) is 0 Å². The third kappa shape index (κ3) is 3.73. The zero-order valence-electron chi connectivity index (χ0n) is 16.6. The molecular formula is C20H28ClN5O2. The van der Waals surface area contributed by atoms with Crippen LogP contribution in [0, 0.1) is 0 Å². The Balaban J connectivity index is 0.00000225. The molecule has 3 heterocycles. The summed E-state index contributed by atoms with van der Waals surface area (Å²) in [7, 11) is 4.06. The van der Waals surface area contributed by atoms with E-state index in [0.717, 1.165) is 36.0 Å². The number of halogens is 1. The van der Waals surface area contributed by atoms with Crippen LogP contribution in [0.2, 0.25) is 0 Å². The number of piperidine rings is 2. The lowest BCUT2D eigenvalue weighted by molar-refractivity contribution is -0.134. The second-order valence-corrected chi connectivity index (χ2v) is 7.86. The maximum Gasteiger partial charge on any atom is 0.235 e. The van der Waals surface area contributed by atoms with E-state index in [1.807, 2.05) is 11.7 Å². The smallest absolute Gasteiger partial charge is 0.235 e. The van der Waals surface area contributed by atoms with Crippen LogP contribution < -0.4 is 15.5 Å². The minimum absolute atomic E-state index is 0. The molecule has 2 aliphatic heterocycles. The molecule has 0 radical (unpaired) electrons. The number of aromatic nitrogens is 2. The van der Waals surface area contributed by atoms with Crippen molar-refractivity contribution in [2.24, 2.45) is 7.05 Å². The van der Waals surface area contributed by atoms with Gasteiger partial charge in [-0.25, -0.2) is 0 Å². The van der Waals surface area contributed by atoms with Crippen molar-refractivity contribution in [3.8, 4) is 0 Å². The van der Waals surface area contributed by atoms with Crippen LogP contribution in [0.4, 0.5) is 5.69 Å². The molecule has 152 valence electrons. The van der Waals surface area contributed by atoms with Gasteiger partial charge in [-0.3, -0.25) is 19.6 Å². The minimum Gasteiger partial charge on any atom is -0.371 e. The fourth-order valence-electron chi connectivity index (χ4n) is 4.37. The number of carbonyl (C=O) groups excluding carboxylic acids is 2. The molecule has 2 saturated heterocycles. The number of fused-ring (bicyclic) bond motifs is 1. The zero-order valence-corrected chi connectivity index (χ0v) is 17.4. The van der Waals surface area contributed by atoms with Gasteiger partial charge in [-0.2, -0.15) is 5.10 Å². The summed E-state index contributed by atoms with van der Waals surface area (Å²) in [6.07, 6.45) is 3.14. The van der Waals surface area contributed by atoms with Crippen molar-refractivity contribution in [1.29, 1.82) is 0 Å². The maximum absolute atomic E-state index is 12.3. The van der Waals surface area contributed by atoms with Crippen LogP contribution in [0.3, 0.4) is 0 Å². The Morgan fingerprint density at radius 2 is 2.04 bits per heavy atom. The van der Waals surface area contributed by atoms with E-state index >= 15 is 0 Å². The fraction of sp³-hybridized carbons (Fsp3) is 0.550. The molecule has 28 heavy (non-hydrogen) atoms. The molecule has 2 amide bonds. The summed E-state index contributed by atoms with van der Waals surface area (Å²) in [4.78, 5) is 26.1. The van der Waals surface area contributed by atoms with Gasteiger partial charge in [0.05, 0.1) is 17.1 Å². The molecular weight excluding hydrogens is 378 g/mol. The number of benzene rings is 1. The number of imide groups is 1. The monoisotopic (exact) mass is 405 g/mol. The number of amides is 2. The average molecular weight is 406 g/mol. The van der Waals surface area contributed by atoms with Crippen LogP contribution in [-0.2, 0) is 16.6 Å². The third-order valence-electron chi connectivity index (χ3n) is 5.98. The molecule has 0 bridgehead atoms. The molecule has 0 aliphatic carbocycles. The highest BCUT2D eigenvalue weighted by molar-refractivity contribution is 6.02. The molecule has 4 rings (SSSR count). The lowest BCUT2D eigenvalue weighted by atomic mass is 9.92. The maximum atomic E-state index is 12.3. The summed E-state index contributed by atoms with van der Waals surface area (Å²) < 4.78 is 1.84. The zero-order chi connectivity index (χ0) is 19.1. The predicted octanol–water partition coefficient (Wildman–Crippen LogP) is 2.09. The number of nitrogens with one attached hydrogen (secondary N) is 2. The van der Waals surface area contributed by atoms with E-state index in [4.69, 9.17) is 0 Å². The number of hydrogen-bond acceptors (Lipinski definition) is 5. The van der Waals surface area contributed by atoms with Gasteiger partial charge in [-0.05, 0) is 50.9 Å². The molecule has 0 saturated carbocycles. The van der Waals surface area contributed by atoms with Crippen LogP contribution in [0.1, 0.15) is 44.2 Å². The second kappa shape index (κ2) is 8.09. The number of aryl methyl sites for hydroxylation is 1. The highest BCUT2D eigenvalue weighted by atomic mass is 35.5. The molecule has 1 aromatic heterocycles. The van der Waals surface area contributed by atoms with Crippen molar-refractivity contribution in [2.75, 3.05) is 18.5 Å². The van der Waals surface area contributed by atoms with Gasteiger partial charge in [-0.15, -0.1) is 12.4 Å². The Kier molecular flexibility index (Phi) is 5.95. The van der Waals surface area contributed by atoms with Crippen LogP contribution in [0.5, 0.6) is 0 Å². The molecule has 1 aromatic carbocycles. The first-order valence-corrected chi connectivity index (χ1v) is 9.70. The van der Waals surface area contributed by atoms with Crippen LogP contribution in [-0.4, -0.2) is 47.3 Å². The third-order valence-corrected chi connectivity index (χ3v) is 5.98. The number of rotatable bonds is 3. The van der Waals surface area contributed by atoms with Crippen molar-refractivity contribution in [1.82, 2.24) is 20.4 Å². The molecule has 2 aromatic rings. The number of hydrogen-bond donors (Lipinski definition) is 2. The first-order valence-electron chi connectivity index (χ1n) is 9.70. The Hall–Kier alpha value is -2.12. The first kappa shape index (κ1) is 20.6. The summed E-state index contributed by atoms with van der Waals surface area (Å²) in [6, 6.07) is 7.39. The molecule has 8 heteroatoms. The van der Waals surface area contributed by atoms with E-state index in [9.17, 15) is 9.59 Å². The Morgan fingerprint density at radius 1 is 1.25 bits per heavy atom.